The molecule has 8 heteroatoms. The van der Waals surface area contributed by atoms with Crippen LogP contribution in [0, 0.1) is 10.1 Å². The zero-order valence-corrected chi connectivity index (χ0v) is 19.0. The third-order valence-electron chi connectivity index (χ3n) is 5.33. The zero-order chi connectivity index (χ0) is 23.5. The second-order valence-corrected chi connectivity index (χ2v) is 8.34. The molecule has 0 fully saturated rings. The van der Waals surface area contributed by atoms with Crippen molar-refractivity contribution in [1.29, 1.82) is 0 Å². The van der Waals surface area contributed by atoms with E-state index in [1.54, 1.807) is 29.1 Å². The molecule has 7 nitrogen and oxygen atoms in total. The molecule has 34 heavy (non-hydrogen) atoms. The van der Waals surface area contributed by atoms with Crippen LogP contribution in [-0.2, 0) is 0 Å². The van der Waals surface area contributed by atoms with E-state index in [0.717, 1.165) is 27.7 Å². The predicted octanol–water partition coefficient (Wildman–Crippen LogP) is 6.18. The molecule has 5 aromatic rings. The summed E-state index contributed by atoms with van der Waals surface area (Å²) in [6.45, 7) is 1.88. The number of nitro groups is 1. The lowest BCUT2D eigenvalue weighted by Gasteiger charge is -2.09. The van der Waals surface area contributed by atoms with Crippen molar-refractivity contribution in [3.63, 3.8) is 0 Å². The van der Waals surface area contributed by atoms with E-state index in [2.05, 4.69) is 28.2 Å². The first-order valence-corrected chi connectivity index (χ1v) is 11.4. The van der Waals surface area contributed by atoms with Crippen LogP contribution in [0.15, 0.2) is 107 Å². The number of para-hydroxylation sites is 2. The van der Waals surface area contributed by atoms with E-state index in [4.69, 9.17) is 5.10 Å². The number of thiazole rings is 1. The van der Waals surface area contributed by atoms with Gasteiger partial charge in [0.15, 0.2) is 0 Å². The van der Waals surface area contributed by atoms with Crippen LogP contribution in [0.3, 0.4) is 0 Å². The van der Waals surface area contributed by atoms with Crippen LogP contribution in [0.4, 0.5) is 11.4 Å². The number of benzene rings is 3. The average Bonchev–Trinajstić information content (AvgIpc) is 3.26. The largest absolute Gasteiger partial charge is 0.294 e. The molecule has 166 valence electrons. The lowest BCUT2D eigenvalue weighted by molar-refractivity contribution is -0.384. The quantitative estimate of drug-likeness (QED) is 0.176. The predicted molar refractivity (Wildman–Crippen MR) is 135 cm³/mol. The maximum Gasteiger partial charge on any atom is 0.294 e. The van der Waals surface area contributed by atoms with Gasteiger partial charge in [0.1, 0.15) is 5.69 Å². The average molecular weight is 466 g/mol. The Morgan fingerprint density at radius 1 is 0.971 bits per heavy atom. The minimum Gasteiger partial charge on any atom is -0.258 e. The van der Waals surface area contributed by atoms with Crippen molar-refractivity contribution in [2.75, 3.05) is 0 Å². The summed E-state index contributed by atoms with van der Waals surface area (Å²) in [6, 6.07) is 26.4. The summed E-state index contributed by atoms with van der Waals surface area (Å²) in [4.78, 5) is 20.7. The Morgan fingerprint density at radius 3 is 2.56 bits per heavy atom. The van der Waals surface area contributed by atoms with E-state index in [9.17, 15) is 10.1 Å². The molecular weight excluding hydrogens is 446 g/mol. The van der Waals surface area contributed by atoms with Crippen molar-refractivity contribution >= 4 is 39.2 Å². The Bertz CT molecular complexity index is 1600. The van der Waals surface area contributed by atoms with E-state index < -0.39 is 4.92 Å². The molecule has 5 rings (SSSR count). The Hall–Kier alpha value is -4.43. The molecule has 0 spiro atoms. The minimum absolute atomic E-state index is 0.0559. The van der Waals surface area contributed by atoms with Crippen LogP contribution in [0.5, 0.6) is 0 Å². The van der Waals surface area contributed by atoms with Gasteiger partial charge in [-0.05, 0) is 35.9 Å². The first-order valence-electron chi connectivity index (χ1n) is 10.6. The number of aromatic nitrogens is 2. The molecule has 0 bridgehead atoms. The van der Waals surface area contributed by atoms with Crippen molar-refractivity contribution < 1.29 is 4.92 Å². The van der Waals surface area contributed by atoms with Crippen molar-refractivity contribution in [3.8, 4) is 11.3 Å². The number of fused-ring (bicyclic) bond motifs is 1. The number of nitrogens with zero attached hydrogens (tertiary/aromatic N) is 5. The molecule has 0 amide bonds. The molecule has 2 aromatic heterocycles. The van der Waals surface area contributed by atoms with Crippen LogP contribution in [0.1, 0.15) is 12.6 Å². The van der Waals surface area contributed by atoms with E-state index in [1.165, 1.54) is 17.4 Å². The first-order chi connectivity index (χ1) is 16.6. The molecule has 0 aliphatic carbocycles. The van der Waals surface area contributed by atoms with Gasteiger partial charge in [0.25, 0.3) is 5.69 Å². The van der Waals surface area contributed by atoms with Crippen LogP contribution < -0.4 is 4.80 Å². The van der Waals surface area contributed by atoms with Crippen molar-refractivity contribution in [2.45, 2.75) is 6.92 Å². The summed E-state index contributed by atoms with van der Waals surface area (Å²) in [5.74, 6) is 0. The molecule has 0 aliphatic heterocycles. The Labute approximate surface area is 199 Å². The van der Waals surface area contributed by atoms with Gasteiger partial charge in [0.05, 0.1) is 22.0 Å². The summed E-state index contributed by atoms with van der Waals surface area (Å²) < 4.78 is 1.74. The third-order valence-corrected chi connectivity index (χ3v) is 6.15. The van der Waals surface area contributed by atoms with Gasteiger partial charge in [-0.25, -0.2) is 9.67 Å². The summed E-state index contributed by atoms with van der Waals surface area (Å²) in [7, 11) is 0. The summed E-state index contributed by atoms with van der Waals surface area (Å²) in [5, 5.41) is 20.6. The van der Waals surface area contributed by atoms with Gasteiger partial charge in [-0.1, -0.05) is 60.7 Å². The molecule has 0 unspecified atom stereocenters. The van der Waals surface area contributed by atoms with E-state index in [0.29, 0.717) is 10.5 Å². The second kappa shape index (κ2) is 9.21. The van der Waals surface area contributed by atoms with E-state index in [-0.39, 0.29) is 11.4 Å². The Kier molecular flexibility index (Phi) is 5.80. The van der Waals surface area contributed by atoms with Crippen LogP contribution in [-0.4, -0.2) is 20.3 Å². The highest BCUT2D eigenvalue weighted by atomic mass is 32.1. The first kappa shape index (κ1) is 21.4. The van der Waals surface area contributed by atoms with E-state index >= 15 is 0 Å². The smallest absolute Gasteiger partial charge is 0.258 e. The lowest BCUT2D eigenvalue weighted by atomic mass is 10.0. The van der Waals surface area contributed by atoms with Gasteiger partial charge in [0, 0.05) is 23.2 Å². The van der Waals surface area contributed by atoms with Gasteiger partial charge in [-0.15, -0.1) is 11.3 Å². The highest BCUT2D eigenvalue weighted by molar-refractivity contribution is 7.07. The van der Waals surface area contributed by atoms with Crippen molar-refractivity contribution in [1.82, 2.24) is 9.66 Å². The molecule has 0 atom stereocenters. The maximum absolute atomic E-state index is 11.5. The summed E-state index contributed by atoms with van der Waals surface area (Å²) in [5.41, 5.74) is 3.49. The third kappa shape index (κ3) is 4.14. The normalized spacial score (nSPS) is 12.3. The van der Waals surface area contributed by atoms with Crippen LogP contribution in [0.25, 0.3) is 22.0 Å². The number of pyridine rings is 1. The number of hydrogen-bond donors (Lipinski definition) is 0. The molecule has 2 heterocycles. The fourth-order valence-corrected chi connectivity index (χ4v) is 4.54. The Morgan fingerprint density at radius 2 is 1.74 bits per heavy atom. The van der Waals surface area contributed by atoms with Crippen molar-refractivity contribution in [2.24, 2.45) is 10.1 Å². The fourth-order valence-electron chi connectivity index (χ4n) is 3.70. The van der Waals surface area contributed by atoms with E-state index in [1.807, 2.05) is 54.8 Å². The molecule has 0 aliphatic rings. The molecule has 0 saturated carbocycles. The monoisotopic (exact) mass is 465 g/mol. The van der Waals surface area contributed by atoms with Crippen LogP contribution >= 0.6 is 11.3 Å². The standard InChI is InChI=1S/C26H19N5O2S/c1-18(22-13-6-7-16-27-22)29-30-25(21-12-8-10-19-9-2-3-11-20(19)21)17-34-26(30)28-23-14-4-5-15-24(23)31(32)33/h2-17H,1H3. The molecule has 0 N–H and O–H groups in total. The number of nitro benzene ring substituents is 1. The van der Waals surface area contributed by atoms with Crippen LogP contribution in [0.2, 0.25) is 0 Å². The van der Waals surface area contributed by atoms with Gasteiger partial charge in [0.2, 0.25) is 4.80 Å². The highest BCUT2D eigenvalue weighted by Gasteiger charge is 2.15. The lowest BCUT2D eigenvalue weighted by Crippen LogP contribution is -2.14. The fraction of sp³-hybridized carbons (Fsp3) is 0.0385. The highest BCUT2D eigenvalue weighted by Crippen LogP contribution is 2.30. The number of rotatable bonds is 5. The van der Waals surface area contributed by atoms with Gasteiger partial charge < -0.3 is 0 Å². The Balaban J connectivity index is 1.78. The summed E-state index contributed by atoms with van der Waals surface area (Å²) >= 11 is 1.38. The van der Waals surface area contributed by atoms with Gasteiger partial charge >= 0.3 is 0 Å². The summed E-state index contributed by atoms with van der Waals surface area (Å²) in [6.07, 6.45) is 1.72. The second-order valence-electron chi connectivity index (χ2n) is 7.50. The molecule has 0 saturated heterocycles. The van der Waals surface area contributed by atoms with Gasteiger partial charge in [-0.2, -0.15) is 5.10 Å². The van der Waals surface area contributed by atoms with Crippen molar-refractivity contribution in [3.05, 3.63) is 117 Å². The molecular formula is C26H19N5O2S. The molecule has 3 aromatic carbocycles. The number of hydrogen-bond acceptors (Lipinski definition) is 6. The maximum atomic E-state index is 11.5. The van der Waals surface area contributed by atoms with Gasteiger partial charge in [-0.3, -0.25) is 15.1 Å². The SMILES string of the molecule is CC(=Nn1c(-c2cccc3ccccc23)csc1=Nc1ccccc1[N+](=O)[O-])c1ccccn1. The zero-order valence-electron chi connectivity index (χ0n) is 18.2. The topological polar surface area (TPSA) is 85.7 Å². The molecule has 0 radical (unpaired) electrons. The minimum atomic E-state index is -0.426.